The summed E-state index contributed by atoms with van der Waals surface area (Å²) in [6.07, 6.45) is 14.8. The van der Waals surface area contributed by atoms with Gasteiger partial charge in [-0.05, 0) is 105 Å². The number of esters is 1. The van der Waals surface area contributed by atoms with Crippen LogP contribution in [-0.2, 0) is 9.53 Å². The molecule has 0 aromatic heterocycles. The van der Waals surface area contributed by atoms with E-state index in [1.54, 1.807) is 0 Å². The van der Waals surface area contributed by atoms with E-state index in [0.717, 1.165) is 30.1 Å². The van der Waals surface area contributed by atoms with Gasteiger partial charge in [0, 0.05) is 0 Å². The molecule has 0 spiro atoms. The summed E-state index contributed by atoms with van der Waals surface area (Å²) in [7, 11) is 1.36. The van der Waals surface area contributed by atoms with Gasteiger partial charge in [0.2, 0.25) is 0 Å². The monoisotopic (exact) mass is 406 g/mol. The summed E-state index contributed by atoms with van der Waals surface area (Å²) in [5.74, 6) is 3.94. The van der Waals surface area contributed by atoms with Crippen LogP contribution in [-0.4, -0.2) is 24.3 Å². The summed E-state index contributed by atoms with van der Waals surface area (Å²) >= 11 is 0. The Morgan fingerprint density at radius 1 is 0.966 bits per heavy atom. The van der Waals surface area contributed by atoms with Crippen molar-refractivity contribution in [3.05, 3.63) is 0 Å². The second-order valence-corrected chi connectivity index (χ2v) is 10.8. The van der Waals surface area contributed by atoms with E-state index in [1.165, 1.54) is 71.3 Å². The van der Waals surface area contributed by atoms with Crippen molar-refractivity contribution < 1.29 is 14.6 Å². The van der Waals surface area contributed by atoms with Crippen molar-refractivity contribution in [2.24, 2.45) is 40.4 Å². The maximum absolute atomic E-state index is 11.6. The van der Waals surface area contributed by atoms with E-state index in [4.69, 9.17) is 4.74 Å². The second-order valence-electron chi connectivity index (χ2n) is 10.8. The molecule has 4 aliphatic carbocycles. The summed E-state index contributed by atoms with van der Waals surface area (Å²) in [6, 6.07) is 0. The maximum atomic E-state index is 11.6. The number of aliphatic hydroxyl groups excluding tert-OH is 1. The molecule has 0 aromatic rings. The van der Waals surface area contributed by atoms with Gasteiger partial charge in [-0.3, -0.25) is 0 Å². The molecule has 4 fully saturated rings. The quantitative estimate of drug-likeness (QED) is 0.551. The molecule has 0 aliphatic heterocycles. The molecule has 8 unspecified atom stereocenters. The number of ether oxygens (including phenoxy) is 1. The number of hydrogen-bond acceptors (Lipinski definition) is 3. The molecule has 3 nitrogen and oxygen atoms in total. The minimum Gasteiger partial charge on any atom is -0.467 e. The number of carbonyl (C=O) groups is 1. The SMILES string of the molecule is CC.COC(=O)C(O)CCC1CCC2C3CCC4CCCCC4(C)C3CCC12C. The third kappa shape index (κ3) is 4.02. The molecule has 0 amide bonds. The molecule has 0 heterocycles. The first-order valence-electron chi connectivity index (χ1n) is 12.7. The fourth-order valence-corrected chi connectivity index (χ4v) is 8.49. The van der Waals surface area contributed by atoms with Crippen LogP contribution in [0.25, 0.3) is 0 Å². The minimum atomic E-state index is -0.939. The van der Waals surface area contributed by atoms with Crippen molar-refractivity contribution in [2.75, 3.05) is 7.11 Å². The summed E-state index contributed by atoms with van der Waals surface area (Å²) in [6.45, 7) is 9.20. The Balaban J connectivity index is 0.00000117. The van der Waals surface area contributed by atoms with E-state index in [2.05, 4.69) is 13.8 Å². The van der Waals surface area contributed by atoms with Gasteiger partial charge in [0.1, 0.15) is 0 Å². The van der Waals surface area contributed by atoms with Crippen molar-refractivity contribution in [1.82, 2.24) is 0 Å². The molecule has 3 heteroatoms. The van der Waals surface area contributed by atoms with Gasteiger partial charge in [-0.25, -0.2) is 4.79 Å². The Labute approximate surface area is 179 Å². The van der Waals surface area contributed by atoms with Gasteiger partial charge < -0.3 is 9.84 Å². The first-order chi connectivity index (χ1) is 13.9. The zero-order valence-corrected chi connectivity index (χ0v) is 19.7. The van der Waals surface area contributed by atoms with Gasteiger partial charge in [0.05, 0.1) is 7.11 Å². The van der Waals surface area contributed by atoms with Crippen molar-refractivity contribution in [2.45, 2.75) is 111 Å². The van der Waals surface area contributed by atoms with Crippen molar-refractivity contribution in [3.8, 4) is 0 Å². The van der Waals surface area contributed by atoms with Crippen LogP contribution >= 0.6 is 0 Å². The van der Waals surface area contributed by atoms with Crippen LogP contribution in [0.2, 0.25) is 0 Å². The average Bonchev–Trinajstić information content (AvgIpc) is 3.08. The normalized spacial score (nSPS) is 44.4. The fourth-order valence-electron chi connectivity index (χ4n) is 8.49. The number of carbonyl (C=O) groups excluding carboxylic acids is 1. The van der Waals surface area contributed by atoms with Crippen molar-refractivity contribution in [1.29, 1.82) is 0 Å². The van der Waals surface area contributed by atoms with Crippen LogP contribution in [0.1, 0.15) is 105 Å². The summed E-state index contributed by atoms with van der Waals surface area (Å²) in [4.78, 5) is 11.6. The van der Waals surface area contributed by atoms with E-state index in [-0.39, 0.29) is 0 Å². The lowest BCUT2D eigenvalue weighted by atomic mass is 9.45. The zero-order valence-electron chi connectivity index (χ0n) is 19.7. The van der Waals surface area contributed by atoms with Crippen LogP contribution in [0, 0.1) is 40.4 Å². The molecule has 4 aliphatic rings. The van der Waals surface area contributed by atoms with Gasteiger partial charge in [0.25, 0.3) is 0 Å². The summed E-state index contributed by atoms with van der Waals surface area (Å²) in [5, 5.41) is 10.0. The predicted octanol–water partition coefficient (Wildman–Crippen LogP) is 6.38. The highest BCUT2D eigenvalue weighted by molar-refractivity contribution is 5.74. The highest BCUT2D eigenvalue weighted by Crippen LogP contribution is 2.67. The molecule has 4 rings (SSSR count). The smallest absolute Gasteiger partial charge is 0.334 e. The predicted molar refractivity (Wildman–Crippen MR) is 118 cm³/mol. The molecule has 0 saturated heterocycles. The minimum absolute atomic E-state index is 0.425. The Kier molecular flexibility index (Phi) is 7.40. The molecular formula is C26H46O3. The van der Waals surface area contributed by atoms with Gasteiger partial charge in [-0.2, -0.15) is 0 Å². The third-order valence-corrected chi connectivity index (χ3v) is 10.0. The number of fused-ring (bicyclic) bond motifs is 5. The summed E-state index contributed by atoms with van der Waals surface area (Å²) < 4.78 is 4.70. The summed E-state index contributed by atoms with van der Waals surface area (Å²) in [5.41, 5.74) is 1.04. The zero-order chi connectivity index (χ0) is 21.2. The van der Waals surface area contributed by atoms with E-state index < -0.39 is 12.1 Å². The lowest BCUT2D eigenvalue weighted by Crippen LogP contribution is -2.52. The number of aliphatic hydroxyl groups is 1. The molecular weight excluding hydrogens is 360 g/mol. The van der Waals surface area contributed by atoms with Gasteiger partial charge >= 0.3 is 5.97 Å². The first kappa shape index (κ1) is 23.1. The Hall–Kier alpha value is -0.570. The molecule has 0 radical (unpaired) electrons. The van der Waals surface area contributed by atoms with Crippen LogP contribution in [0.15, 0.2) is 0 Å². The molecule has 168 valence electrons. The van der Waals surface area contributed by atoms with E-state index in [0.29, 0.717) is 23.2 Å². The van der Waals surface area contributed by atoms with E-state index >= 15 is 0 Å². The first-order valence-corrected chi connectivity index (χ1v) is 12.7. The van der Waals surface area contributed by atoms with Gasteiger partial charge in [0.15, 0.2) is 6.10 Å². The third-order valence-electron chi connectivity index (χ3n) is 10.0. The van der Waals surface area contributed by atoms with Crippen LogP contribution in [0.4, 0.5) is 0 Å². The van der Waals surface area contributed by atoms with Gasteiger partial charge in [-0.1, -0.05) is 40.5 Å². The largest absolute Gasteiger partial charge is 0.467 e. The second kappa shape index (κ2) is 9.28. The highest BCUT2D eigenvalue weighted by Gasteiger charge is 2.59. The van der Waals surface area contributed by atoms with Gasteiger partial charge in [-0.15, -0.1) is 0 Å². The average molecular weight is 407 g/mol. The van der Waals surface area contributed by atoms with Crippen molar-refractivity contribution in [3.63, 3.8) is 0 Å². The van der Waals surface area contributed by atoms with Crippen LogP contribution in [0.5, 0.6) is 0 Å². The maximum Gasteiger partial charge on any atom is 0.334 e. The number of methoxy groups -OCH3 is 1. The molecule has 0 aromatic carbocycles. The topological polar surface area (TPSA) is 46.5 Å². The number of rotatable bonds is 4. The van der Waals surface area contributed by atoms with Crippen molar-refractivity contribution >= 4 is 5.97 Å². The molecule has 29 heavy (non-hydrogen) atoms. The highest BCUT2D eigenvalue weighted by atomic mass is 16.5. The lowest BCUT2D eigenvalue weighted by Gasteiger charge is -2.60. The number of hydrogen-bond donors (Lipinski definition) is 1. The van der Waals surface area contributed by atoms with E-state index in [1.807, 2.05) is 13.8 Å². The Bertz CT molecular complexity index is 560. The van der Waals surface area contributed by atoms with Crippen LogP contribution < -0.4 is 0 Å². The van der Waals surface area contributed by atoms with E-state index in [9.17, 15) is 9.90 Å². The lowest BCUT2D eigenvalue weighted by molar-refractivity contribution is -0.151. The van der Waals surface area contributed by atoms with Crippen LogP contribution in [0.3, 0.4) is 0 Å². The molecule has 0 bridgehead atoms. The Morgan fingerprint density at radius 2 is 1.69 bits per heavy atom. The Morgan fingerprint density at radius 3 is 2.41 bits per heavy atom. The molecule has 1 N–H and O–H groups in total. The fraction of sp³-hybridized carbons (Fsp3) is 0.962. The molecule has 4 saturated carbocycles. The molecule has 8 atom stereocenters. The standard InChI is InChI=1S/C24H40O3.C2H6/c1-23-14-5-4-6-16(23)7-10-18-19-11-8-17(9-12-21(25)22(26)27-3)24(19,2)15-13-20(18)23;1-2/h16-21,25H,4-15H2,1-3H3;1-2H3.